The molecule has 0 saturated heterocycles. The van der Waals surface area contributed by atoms with Crippen LogP contribution in [0.25, 0.3) is 10.9 Å². The lowest BCUT2D eigenvalue weighted by molar-refractivity contribution is 0.298. The molecule has 2 aromatic rings. The fraction of sp³-hybridized carbons (Fsp3) is 0.250. The summed E-state index contributed by atoms with van der Waals surface area (Å²) >= 11 is 0. The molecule has 0 atom stereocenters. The van der Waals surface area contributed by atoms with E-state index in [1.165, 1.54) is 0 Å². The lowest BCUT2D eigenvalue weighted by Crippen LogP contribution is -1.90. The van der Waals surface area contributed by atoms with Crippen LogP contribution in [0, 0.1) is 0 Å². The van der Waals surface area contributed by atoms with Gasteiger partial charge in [0.05, 0.1) is 6.20 Å². The van der Waals surface area contributed by atoms with Crippen molar-refractivity contribution in [2.45, 2.75) is 6.42 Å². The zero-order valence-electron chi connectivity index (χ0n) is 6.49. The van der Waals surface area contributed by atoms with Crippen LogP contribution in [0.15, 0.2) is 18.5 Å². The van der Waals surface area contributed by atoms with Gasteiger partial charge in [-0.25, -0.2) is 0 Å². The van der Waals surface area contributed by atoms with E-state index in [4.69, 9.17) is 5.11 Å². The molecule has 0 fully saturated rings. The molecule has 0 aromatic carbocycles. The van der Waals surface area contributed by atoms with Crippen molar-refractivity contribution in [2.24, 2.45) is 0 Å². The number of fused-ring (bicyclic) bond motifs is 1. The second-order valence-corrected chi connectivity index (χ2v) is 2.57. The number of aromatic amines is 1. The van der Waals surface area contributed by atoms with E-state index in [0.717, 1.165) is 16.6 Å². The molecule has 2 aromatic heterocycles. The largest absolute Gasteiger partial charge is 0.396 e. The summed E-state index contributed by atoms with van der Waals surface area (Å²) in [5.74, 6) is 0. The fourth-order valence-corrected chi connectivity index (χ4v) is 1.22. The predicted molar refractivity (Wildman–Crippen MR) is 44.7 cm³/mol. The summed E-state index contributed by atoms with van der Waals surface area (Å²) in [5, 5.41) is 16.7. The number of aromatic nitrogens is 3. The monoisotopic (exact) mass is 163 g/mol. The molecule has 0 aliphatic carbocycles. The Hall–Kier alpha value is -1.42. The first-order chi connectivity index (χ1) is 5.92. The quantitative estimate of drug-likeness (QED) is 0.677. The average Bonchev–Trinajstić information content (AvgIpc) is 2.50. The number of pyridine rings is 1. The maximum Gasteiger partial charge on any atom is 0.111 e. The standard InChI is InChI=1S/C8H9N3O/c12-4-2-7-6-1-3-9-5-8(6)11-10-7/h1,3,5,12H,2,4H2,(H,10,11). The van der Waals surface area contributed by atoms with Crippen LogP contribution in [-0.2, 0) is 6.42 Å². The van der Waals surface area contributed by atoms with Gasteiger partial charge in [-0.15, -0.1) is 0 Å². The van der Waals surface area contributed by atoms with Crippen molar-refractivity contribution >= 4 is 10.9 Å². The predicted octanol–water partition coefficient (Wildman–Crippen LogP) is 0.493. The molecule has 62 valence electrons. The van der Waals surface area contributed by atoms with Crippen molar-refractivity contribution in [2.75, 3.05) is 6.61 Å². The molecule has 0 amide bonds. The Morgan fingerprint density at radius 3 is 3.25 bits per heavy atom. The van der Waals surface area contributed by atoms with Crippen LogP contribution in [0.4, 0.5) is 0 Å². The van der Waals surface area contributed by atoms with Gasteiger partial charge >= 0.3 is 0 Å². The minimum absolute atomic E-state index is 0.139. The Balaban J connectivity index is 2.55. The number of hydrogen-bond donors (Lipinski definition) is 2. The number of nitrogens with zero attached hydrogens (tertiary/aromatic N) is 2. The molecular weight excluding hydrogens is 154 g/mol. The highest BCUT2D eigenvalue weighted by molar-refractivity contribution is 5.80. The van der Waals surface area contributed by atoms with Crippen molar-refractivity contribution in [3.63, 3.8) is 0 Å². The molecule has 0 spiro atoms. The van der Waals surface area contributed by atoms with Crippen molar-refractivity contribution in [3.05, 3.63) is 24.2 Å². The summed E-state index contributed by atoms with van der Waals surface area (Å²) in [6.07, 6.45) is 4.03. The molecule has 2 rings (SSSR count). The molecule has 2 N–H and O–H groups in total. The Morgan fingerprint density at radius 1 is 1.50 bits per heavy atom. The van der Waals surface area contributed by atoms with Gasteiger partial charge in [0.25, 0.3) is 0 Å². The van der Waals surface area contributed by atoms with Gasteiger partial charge in [0.1, 0.15) is 5.52 Å². The van der Waals surface area contributed by atoms with E-state index in [1.807, 2.05) is 6.07 Å². The minimum Gasteiger partial charge on any atom is -0.396 e. The van der Waals surface area contributed by atoms with Crippen molar-refractivity contribution in [1.82, 2.24) is 15.2 Å². The first kappa shape index (κ1) is 7.24. The zero-order chi connectivity index (χ0) is 8.39. The first-order valence-corrected chi connectivity index (χ1v) is 3.79. The number of aliphatic hydroxyl groups excluding tert-OH is 1. The van der Waals surface area contributed by atoms with E-state index in [0.29, 0.717) is 6.42 Å². The van der Waals surface area contributed by atoms with E-state index >= 15 is 0 Å². The van der Waals surface area contributed by atoms with Crippen LogP contribution in [0.2, 0.25) is 0 Å². The van der Waals surface area contributed by atoms with Crippen LogP contribution < -0.4 is 0 Å². The highest BCUT2D eigenvalue weighted by Crippen LogP contribution is 2.13. The zero-order valence-corrected chi connectivity index (χ0v) is 6.49. The summed E-state index contributed by atoms with van der Waals surface area (Å²) in [4.78, 5) is 3.94. The maximum atomic E-state index is 8.73. The second-order valence-electron chi connectivity index (χ2n) is 2.57. The van der Waals surface area contributed by atoms with Crippen molar-refractivity contribution < 1.29 is 5.11 Å². The highest BCUT2D eigenvalue weighted by atomic mass is 16.3. The average molecular weight is 163 g/mol. The Labute approximate surface area is 69.3 Å². The van der Waals surface area contributed by atoms with Gasteiger partial charge in [-0.2, -0.15) is 5.10 Å². The number of nitrogens with one attached hydrogen (secondary N) is 1. The molecule has 4 nitrogen and oxygen atoms in total. The number of H-pyrrole nitrogens is 1. The Bertz CT molecular complexity index is 382. The van der Waals surface area contributed by atoms with Gasteiger partial charge in [0.15, 0.2) is 0 Å². The third-order valence-electron chi connectivity index (χ3n) is 1.80. The van der Waals surface area contributed by atoms with Crippen molar-refractivity contribution in [3.8, 4) is 0 Å². The normalized spacial score (nSPS) is 10.8. The molecule has 2 heterocycles. The molecule has 12 heavy (non-hydrogen) atoms. The van der Waals surface area contributed by atoms with Gasteiger partial charge in [0.2, 0.25) is 0 Å². The fourth-order valence-electron chi connectivity index (χ4n) is 1.22. The Morgan fingerprint density at radius 2 is 2.42 bits per heavy atom. The van der Waals surface area contributed by atoms with Crippen molar-refractivity contribution in [1.29, 1.82) is 0 Å². The molecule has 0 aliphatic rings. The van der Waals surface area contributed by atoms with E-state index in [-0.39, 0.29) is 6.61 Å². The molecule has 4 heteroatoms. The number of aliphatic hydroxyl groups is 1. The first-order valence-electron chi connectivity index (χ1n) is 3.79. The van der Waals surface area contributed by atoms with E-state index < -0.39 is 0 Å². The smallest absolute Gasteiger partial charge is 0.111 e. The third kappa shape index (κ3) is 1.06. The Kier molecular flexibility index (Phi) is 1.75. The summed E-state index contributed by atoms with van der Waals surface area (Å²) in [5.41, 5.74) is 1.82. The van der Waals surface area contributed by atoms with Gasteiger partial charge < -0.3 is 5.11 Å². The molecule has 0 aliphatic heterocycles. The number of hydrogen-bond acceptors (Lipinski definition) is 3. The topological polar surface area (TPSA) is 61.8 Å². The molecular formula is C8H9N3O. The van der Waals surface area contributed by atoms with Gasteiger partial charge in [-0.3, -0.25) is 10.1 Å². The third-order valence-corrected chi connectivity index (χ3v) is 1.80. The maximum absolute atomic E-state index is 8.73. The van der Waals surface area contributed by atoms with Gasteiger partial charge in [-0.1, -0.05) is 0 Å². The molecule has 0 unspecified atom stereocenters. The van der Waals surface area contributed by atoms with Crippen LogP contribution >= 0.6 is 0 Å². The van der Waals surface area contributed by atoms with Gasteiger partial charge in [-0.05, 0) is 6.07 Å². The molecule has 0 bridgehead atoms. The lowest BCUT2D eigenvalue weighted by atomic mass is 10.2. The minimum atomic E-state index is 0.139. The number of rotatable bonds is 2. The van der Waals surface area contributed by atoms with Gasteiger partial charge in [0, 0.05) is 30.3 Å². The summed E-state index contributed by atoms with van der Waals surface area (Å²) in [7, 11) is 0. The van der Waals surface area contributed by atoms with E-state index in [9.17, 15) is 0 Å². The van der Waals surface area contributed by atoms with Crippen LogP contribution in [0.3, 0.4) is 0 Å². The SMILES string of the molecule is OCCc1[nH]nc2cnccc12. The summed E-state index contributed by atoms with van der Waals surface area (Å²) in [6, 6.07) is 1.89. The van der Waals surface area contributed by atoms with Crippen LogP contribution in [0.1, 0.15) is 5.69 Å². The highest BCUT2D eigenvalue weighted by Gasteiger charge is 2.02. The summed E-state index contributed by atoms with van der Waals surface area (Å²) in [6.45, 7) is 0.139. The second kappa shape index (κ2) is 2.91. The van der Waals surface area contributed by atoms with E-state index in [2.05, 4.69) is 15.2 Å². The lowest BCUT2D eigenvalue weighted by Gasteiger charge is -1.91. The van der Waals surface area contributed by atoms with Crippen LogP contribution in [-0.4, -0.2) is 26.9 Å². The summed E-state index contributed by atoms with van der Waals surface area (Å²) < 4.78 is 0. The molecule has 0 saturated carbocycles. The van der Waals surface area contributed by atoms with Crippen LogP contribution in [0.5, 0.6) is 0 Å². The molecule has 0 radical (unpaired) electrons. The van der Waals surface area contributed by atoms with E-state index in [1.54, 1.807) is 12.4 Å².